The number of carbonyl (C=O) groups excluding carboxylic acids is 1. The second-order valence-corrected chi connectivity index (χ2v) is 7.59. The van der Waals surface area contributed by atoms with Crippen molar-refractivity contribution < 1.29 is 13.9 Å². The third-order valence-corrected chi connectivity index (χ3v) is 4.63. The lowest BCUT2D eigenvalue weighted by atomic mass is 9.99. The Morgan fingerprint density at radius 1 is 1.25 bits per heavy atom. The molecule has 24 heavy (non-hydrogen) atoms. The SMILES string of the molecule is CC(c1ccc(F)cc1)N1CCC(N(C)C(=O)OC(C)(C)C)CC1. The molecule has 1 amide bonds. The number of halogens is 1. The summed E-state index contributed by atoms with van der Waals surface area (Å²) < 4.78 is 18.5. The van der Waals surface area contributed by atoms with Gasteiger partial charge in [0, 0.05) is 32.2 Å². The Morgan fingerprint density at radius 2 is 1.79 bits per heavy atom. The Kier molecular flexibility index (Phi) is 5.86. The van der Waals surface area contributed by atoms with E-state index in [-0.39, 0.29) is 24.0 Å². The fourth-order valence-electron chi connectivity index (χ4n) is 3.10. The minimum absolute atomic E-state index is 0.205. The number of hydrogen-bond acceptors (Lipinski definition) is 3. The number of carbonyl (C=O) groups is 1. The van der Waals surface area contributed by atoms with Gasteiger partial charge in [-0.15, -0.1) is 0 Å². The number of rotatable bonds is 3. The molecule has 1 atom stereocenters. The van der Waals surface area contributed by atoms with E-state index in [1.165, 1.54) is 12.1 Å². The highest BCUT2D eigenvalue weighted by Gasteiger charge is 2.30. The third-order valence-electron chi connectivity index (χ3n) is 4.63. The van der Waals surface area contributed by atoms with Crippen molar-refractivity contribution in [2.75, 3.05) is 20.1 Å². The van der Waals surface area contributed by atoms with Gasteiger partial charge in [-0.3, -0.25) is 4.90 Å². The van der Waals surface area contributed by atoms with Gasteiger partial charge >= 0.3 is 6.09 Å². The summed E-state index contributed by atoms with van der Waals surface area (Å²) in [6.45, 7) is 9.61. The maximum atomic E-state index is 13.1. The van der Waals surface area contributed by atoms with Crippen LogP contribution in [-0.4, -0.2) is 47.7 Å². The van der Waals surface area contributed by atoms with Crippen LogP contribution in [0, 0.1) is 5.82 Å². The number of amides is 1. The van der Waals surface area contributed by atoms with Gasteiger partial charge in [-0.05, 0) is 58.2 Å². The molecule has 4 nitrogen and oxygen atoms in total. The van der Waals surface area contributed by atoms with Gasteiger partial charge in [0.15, 0.2) is 0 Å². The van der Waals surface area contributed by atoms with Crippen LogP contribution in [0.5, 0.6) is 0 Å². The summed E-state index contributed by atoms with van der Waals surface area (Å²) >= 11 is 0. The average molecular weight is 336 g/mol. The molecule has 0 bridgehead atoms. The number of benzene rings is 1. The molecule has 5 heteroatoms. The lowest BCUT2D eigenvalue weighted by Crippen LogP contribution is -2.47. The van der Waals surface area contributed by atoms with Gasteiger partial charge in [0.25, 0.3) is 0 Å². The Balaban J connectivity index is 1.88. The Bertz CT molecular complexity index is 545. The van der Waals surface area contributed by atoms with E-state index >= 15 is 0 Å². The largest absolute Gasteiger partial charge is 0.444 e. The second-order valence-electron chi connectivity index (χ2n) is 7.59. The van der Waals surface area contributed by atoms with Crippen LogP contribution < -0.4 is 0 Å². The maximum absolute atomic E-state index is 13.1. The predicted molar refractivity (Wildman–Crippen MR) is 93.4 cm³/mol. The zero-order valence-corrected chi connectivity index (χ0v) is 15.4. The Labute approximate surface area is 144 Å². The molecule has 2 rings (SSSR count). The van der Waals surface area contributed by atoms with E-state index in [2.05, 4.69) is 11.8 Å². The number of ether oxygens (including phenoxy) is 1. The van der Waals surface area contributed by atoms with Crippen molar-refractivity contribution in [2.45, 2.75) is 58.2 Å². The quantitative estimate of drug-likeness (QED) is 0.828. The van der Waals surface area contributed by atoms with Crippen LogP contribution in [0.1, 0.15) is 52.1 Å². The van der Waals surface area contributed by atoms with E-state index < -0.39 is 5.60 Å². The monoisotopic (exact) mass is 336 g/mol. The van der Waals surface area contributed by atoms with E-state index in [9.17, 15) is 9.18 Å². The maximum Gasteiger partial charge on any atom is 0.410 e. The third kappa shape index (κ3) is 4.94. The molecule has 1 aromatic rings. The molecule has 0 spiro atoms. The molecule has 1 unspecified atom stereocenters. The summed E-state index contributed by atoms with van der Waals surface area (Å²) in [6.07, 6.45) is 1.58. The Morgan fingerprint density at radius 3 is 2.29 bits per heavy atom. The van der Waals surface area contributed by atoms with Crippen LogP contribution in [0.15, 0.2) is 24.3 Å². The van der Waals surface area contributed by atoms with Gasteiger partial charge in [0.1, 0.15) is 11.4 Å². The van der Waals surface area contributed by atoms with Crippen molar-refractivity contribution in [1.82, 2.24) is 9.80 Å². The first-order valence-corrected chi connectivity index (χ1v) is 8.62. The van der Waals surface area contributed by atoms with Gasteiger partial charge in [-0.1, -0.05) is 12.1 Å². The summed E-state index contributed by atoms with van der Waals surface area (Å²) in [6, 6.07) is 7.16. The van der Waals surface area contributed by atoms with E-state index in [0.29, 0.717) is 0 Å². The van der Waals surface area contributed by atoms with Crippen LogP contribution in [0.4, 0.5) is 9.18 Å². The lowest BCUT2D eigenvalue weighted by molar-refractivity contribution is 0.0134. The van der Waals surface area contributed by atoms with Gasteiger partial charge in [0.2, 0.25) is 0 Å². The first-order chi connectivity index (χ1) is 11.2. The molecule has 1 aliphatic rings. The van der Waals surface area contributed by atoms with Crippen LogP contribution >= 0.6 is 0 Å². The van der Waals surface area contributed by atoms with Crippen molar-refractivity contribution in [2.24, 2.45) is 0 Å². The fourth-order valence-corrected chi connectivity index (χ4v) is 3.10. The van der Waals surface area contributed by atoms with Crippen molar-refractivity contribution in [3.63, 3.8) is 0 Å². The summed E-state index contributed by atoms with van der Waals surface area (Å²) in [7, 11) is 1.82. The number of piperidine rings is 1. The van der Waals surface area contributed by atoms with Gasteiger partial charge < -0.3 is 9.64 Å². The van der Waals surface area contributed by atoms with Crippen molar-refractivity contribution in [3.8, 4) is 0 Å². The summed E-state index contributed by atoms with van der Waals surface area (Å²) in [4.78, 5) is 16.3. The van der Waals surface area contributed by atoms with Gasteiger partial charge in [-0.2, -0.15) is 0 Å². The number of hydrogen-bond donors (Lipinski definition) is 0. The number of likely N-dealkylation sites (tertiary alicyclic amines) is 1. The van der Waals surface area contributed by atoms with Crippen LogP contribution in [0.2, 0.25) is 0 Å². The lowest BCUT2D eigenvalue weighted by Gasteiger charge is -2.39. The molecule has 0 aliphatic carbocycles. The standard InChI is InChI=1S/C19H29FN2O2/c1-14(15-6-8-16(20)9-7-15)22-12-10-17(11-13-22)21(5)18(23)24-19(2,3)4/h6-9,14,17H,10-13H2,1-5H3. The molecule has 0 N–H and O–H groups in total. The molecule has 1 heterocycles. The summed E-state index contributed by atoms with van der Waals surface area (Å²) in [5, 5.41) is 0. The van der Waals surface area contributed by atoms with Crippen molar-refractivity contribution in [1.29, 1.82) is 0 Å². The summed E-state index contributed by atoms with van der Waals surface area (Å²) in [5.74, 6) is -0.205. The van der Waals surface area contributed by atoms with Crippen LogP contribution in [-0.2, 0) is 4.74 Å². The number of nitrogens with zero attached hydrogens (tertiary/aromatic N) is 2. The zero-order chi connectivity index (χ0) is 17.9. The molecule has 1 aliphatic heterocycles. The highest BCUT2D eigenvalue weighted by atomic mass is 19.1. The zero-order valence-electron chi connectivity index (χ0n) is 15.4. The molecule has 0 aromatic heterocycles. The molecule has 0 saturated carbocycles. The highest BCUT2D eigenvalue weighted by molar-refractivity contribution is 5.68. The van der Waals surface area contributed by atoms with E-state index in [1.807, 2.05) is 40.0 Å². The van der Waals surface area contributed by atoms with Gasteiger partial charge in [0.05, 0.1) is 0 Å². The minimum atomic E-state index is -0.469. The van der Waals surface area contributed by atoms with E-state index in [1.54, 1.807) is 4.90 Å². The average Bonchev–Trinajstić information content (AvgIpc) is 2.53. The topological polar surface area (TPSA) is 32.8 Å². The molecule has 134 valence electrons. The van der Waals surface area contributed by atoms with Crippen LogP contribution in [0.25, 0.3) is 0 Å². The Hall–Kier alpha value is -1.62. The first-order valence-electron chi connectivity index (χ1n) is 8.62. The highest BCUT2D eigenvalue weighted by Crippen LogP contribution is 2.26. The summed E-state index contributed by atoms with van der Waals surface area (Å²) in [5.41, 5.74) is 0.652. The van der Waals surface area contributed by atoms with Crippen molar-refractivity contribution >= 4 is 6.09 Å². The molecular formula is C19H29FN2O2. The smallest absolute Gasteiger partial charge is 0.410 e. The van der Waals surface area contributed by atoms with Gasteiger partial charge in [-0.25, -0.2) is 9.18 Å². The normalized spacial score (nSPS) is 18.2. The van der Waals surface area contributed by atoms with Crippen LogP contribution in [0.3, 0.4) is 0 Å². The van der Waals surface area contributed by atoms with E-state index in [0.717, 1.165) is 31.5 Å². The minimum Gasteiger partial charge on any atom is -0.444 e. The second kappa shape index (κ2) is 7.51. The molecule has 1 fully saturated rings. The molecule has 0 radical (unpaired) electrons. The predicted octanol–water partition coefficient (Wildman–Crippen LogP) is 4.22. The molecular weight excluding hydrogens is 307 g/mol. The first kappa shape index (κ1) is 18.7. The van der Waals surface area contributed by atoms with E-state index in [4.69, 9.17) is 4.74 Å². The molecule has 1 aromatic carbocycles. The molecule has 1 saturated heterocycles. The van der Waals surface area contributed by atoms with Crippen molar-refractivity contribution in [3.05, 3.63) is 35.6 Å². The fraction of sp³-hybridized carbons (Fsp3) is 0.632.